The van der Waals surface area contributed by atoms with Crippen LogP contribution in [0.3, 0.4) is 0 Å². The molecular weight excluding hydrogens is 252 g/mol. The van der Waals surface area contributed by atoms with Crippen LogP contribution in [0.5, 0.6) is 0 Å². The summed E-state index contributed by atoms with van der Waals surface area (Å²) < 4.78 is 5.70. The van der Waals surface area contributed by atoms with E-state index in [9.17, 15) is 4.79 Å². The first-order valence-electron chi connectivity index (χ1n) is 7.22. The van der Waals surface area contributed by atoms with Crippen molar-refractivity contribution in [2.24, 2.45) is 5.41 Å². The summed E-state index contributed by atoms with van der Waals surface area (Å²) in [5.41, 5.74) is 7.41. The van der Waals surface area contributed by atoms with Crippen LogP contribution in [0.15, 0.2) is 24.3 Å². The molecule has 0 atom stereocenters. The Hall–Kier alpha value is -1.55. The molecule has 0 aliphatic heterocycles. The van der Waals surface area contributed by atoms with E-state index in [0.717, 1.165) is 25.7 Å². The number of rotatable bonds is 4. The van der Waals surface area contributed by atoms with Crippen LogP contribution in [0.4, 0.5) is 11.4 Å². The molecule has 3 N–H and O–H groups in total. The molecule has 1 fully saturated rings. The van der Waals surface area contributed by atoms with E-state index in [0.29, 0.717) is 16.8 Å². The fourth-order valence-corrected chi connectivity index (χ4v) is 2.53. The smallest absolute Gasteiger partial charge is 0.250 e. The summed E-state index contributed by atoms with van der Waals surface area (Å²) in [6.45, 7) is 4.67. The van der Waals surface area contributed by atoms with E-state index in [2.05, 4.69) is 19.2 Å². The molecule has 0 spiro atoms. The van der Waals surface area contributed by atoms with Gasteiger partial charge in [-0.3, -0.25) is 4.79 Å². The van der Waals surface area contributed by atoms with E-state index in [1.807, 2.05) is 12.1 Å². The zero-order valence-corrected chi connectivity index (χ0v) is 12.3. The second-order valence-electron chi connectivity index (χ2n) is 6.31. The summed E-state index contributed by atoms with van der Waals surface area (Å²) >= 11 is 0. The van der Waals surface area contributed by atoms with Crippen LogP contribution < -0.4 is 11.1 Å². The molecule has 1 aromatic carbocycles. The maximum Gasteiger partial charge on any atom is 0.250 e. The summed E-state index contributed by atoms with van der Waals surface area (Å²) in [6, 6.07) is 7.23. The van der Waals surface area contributed by atoms with Crippen molar-refractivity contribution in [1.82, 2.24) is 0 Å². The molecule has 0 aromatic heterocycles. The molecule has 1 saturated carbocycles. The number of hydrogen-bond acceptors (Lipinski definition) is 3. The van der Waals surface area contributed by atoms with Crippen LogP contribution in [0.2, 0.25) is 0 Å². The predicted octanol–water partition coefficient (Wildman–Crippen LogP) is 3.19. The Kier molecular flexibility index (Phi) is 4.65. The number of para-hydroxylation sites is 2. The number of carbonyl (C=O) groups excluding carboxylic acids is 1. The standard InChI is InChI=1S/C16H24N2O2/c1-16(2)9-7-12(8-10-16)20-11-15(19)18-14-6-4-3-5-13(14)17/h3-6,12H,7-11,17H2,1-2H3,(H,18,19). The Morgan fingerprint density at radius 3 is 2.65 bits per heavy atom. The molecule has 2 rings (SSSR count). The Morgan fingerprint density at radius 1 is 1.35 bits per heavy atom. The predicted molar refractivity (Wildman–Crippen MR) is 81.5 cm³/mol. The third-order valence-electron chi connectivity index (χ3n) is 3.97. The summed E-state index contributed by atoms with van der Waals surface area (Å²) in [4.78, 5) is 11.8. The number of anilines is 2. The minimum atomic E-state index is -0.146. The summed E-state index contributed by atoms with van der Waals surface area (Å²) in [5.74, 6) is -0.146. The number of nitrogen functional groups attached to an aromatic ring is 1. The lowest BCUT2D eigenvalue weighted by Crippen LogP contribution is -2.29. The summed E-state index contributed by atoms with van der Waals surface area (Å²) in [6.07, 6.45) is 4.60. The van der Waals surface area contributed by atoms with Gasteiger partial charge in [-0.25, -0.2) is 0 Å². The summed E-state index contributed by atoms with van der Waals surface area (Å²) in [7, 11) is 0. The van der Waals surface area contributed by atoms with Crippen molar-refractivity contribution in [2.45, 2.75) is 45.6 Å². The topological polar surface area (TPSA) is 64.3 Å². The van der Waals surface area contributed by atoms with Crippen molar-refractivity contribution in [1.29, 1.82) is 0 Å². The van der Waals surface area contributed by atoms with Gasteiger partial charge >= 0.3 is 0 Å². The molecule has 0 radical (unpaired) electrons. The SMILES string of the molecule is CC1(C)CCC(OCC(=O)Nc2ccccc2N)CC1. The molecule has 1 aliphatic carbocycles. The van der Waals surface area contributed by atoms with Crippen molar-refractivity contribution in [3.63, 3.8) is 0 Å². The van der Waals surface area contributed by atoms with E-state index in [1.165, 1.54) is 0 Å². The van der Waals surface area contributed by atoms with Gasteiger partial charge in [-0.05, 0) is 43.2 Å². The number of nitrogens with two attached hydrogens (primary N) is 1. The quantitative estimate of drug-likeness (QED) is 0.830. The highest BCUT2D eigenvalue weighted by Gasteiger charge is 2.27. The number of amides is 1. The maximum atomic E-state index is 11.8. The molecule has 1 aliphatic rings. The molecule has 1 amide bonds. The largest absolute Gasteiger partial charge is 0.397 e. The first-order valence-corrected chi connectivity index (χ1v) is 7.22. The molecule has 20 heavy (non-hydrogen) atoms. The van der Waals surface area contributed by atoms with Crippen molar-refractivity contribution in [2.75, 3.05) is 17.7 Å². The Labute approximate surface area is 120 Å². The second kappa shape index (κ2) is 6.27. The zero-order chi connectivity index (χ0) is 14.6. The highest BCUT2D eigenvalue weighted by Crippen LogP contribution is 2.36. The molecule has 0 heterocycles. The van der Waals surface area contributed by atoms with Gasteiger partial charge in [0.15, 0.2) is 0 Å². The van der Waals surface area contributed by atoms with Crippen LogP contribution >= 0.6 is 0 Å². The second-order valence-corrected chi connectivity index (χ2v) is 6.31. The summed E-state index contributed by atoms with van der Waals surface area (Å²) in [5, 5.41) is 2.78. The van der Waals surface area contributed by atoms with Crippen LogP contribution in [-0.4, -0.2) is 18.6 Å². The van der Waals surface area contributed by atoms with Gasteiger partial charge in [-0.15, -0.1) is 0 Å². The van der Waals surface area contributed by atoms with Gasteiger partial charge in [-0.2, -0.15) is 0 Å². The van der Waals surface area contributed by atoms with E-state index in [4.69, 9.17) is 10.5 Å². The van der Waals surface area contributed by atoms with Gasteiger partial charge in [0.05, 0.1) is 17.5 Å². The van der Waals surface area contributed by atoms with Crippen LogP contribution in [-0.2, 0) is 9.53 Å². The van der Waals surface area contributed by atoms with Crippen molar-refractivity contribution < 1.29 is 9.53 Å². The van der Waals surface area contributed by atoms with Crippen LogP contribution in [0.25, 0.3) is 0 Å². The van der Waals surface area contributed by atoms with E-state index in [-0.39, 0.29) is 18.6 Å². The average Bonchev–Trinajstić information content (AvgIpc) is 2.40. The first-order chi connectivity index (χ1) is 9.46. The first kappa shape index (κ1) is 14.9. The van der Waals surface area contributed by atoms with Gasteiger partial charge in [-0.1, -0.05) is 26.0 Å². The lowest BCUT2D eigenvalue weighted by Gasteiger charge is -2.34. The molecule has 0 saturated heterocycles. The molecule has 4 nitrogen and oxygen atoms in total. The van der Waals surface area contributed by atoms with E-state index < -0.39 is 0 Å². The fraction of sp³-hybridized carbons (Fsp3) is 0.562. The van der Waals surface area contributed by atoms with Gasteiger partial charge in [0.25, 0.3) is 0 Å². The van der Waals surface area contributed by atoms with Gasteiger partial charge in [0.2, 0.25) is 5.91 Å². The fourth-order valence-electron chi connectivity index (χ4n) is 2.53. The molecule has 1 aromatic rings. The zero-order valence-electron chi connectivity index (χ0n) is 12.3. The highest BCUT2D eigenvalue weighted by molar-refractivity contribution is 5.94. The van der Waals surface area contributed by atoms with Crippen molar-refractivity contribution in [3.8, 4) is 0 Å². The Bertz CT molecular complexity index is 461. The minimum Gasteiger partial charge on any atom is -0.397 e. The number of ether oxygens (including phenoxy) is 1. The minimum absolute atomic E-state index is 0.0967. The molecule has 4 heteroatoms. The molecule has 0 unspecified atom stereocenters. The number of carbonyl (C=O) groups is 1. The van der Waals surface area contributed by atoms with Crippen molar-refractivity contribution >= 4 is 17.3 Å². The third-order valence-corrected chi connectivity index (χ3v) is 3.97. The molecule has 0 bridgehead atoms. The molecule has 110 valence electrons. The van der Waals surface area contributed by atoms with Gasteiger partial charge in [0.1, 0.15) is 6.61 Å². The van der Waals surface area contributed by atoms with Gasteiger partial charge < -0.3 is 15.8 Å². The van der Waals surface area contributed by atoms with E-state index in [1.54, 1.807) is 12.1 Å². The van der Waals surface area contributed by atoms with Crippen molar-refractivity contribution in [3.05, 3.63) is 24.3 Å². The maximum absolute atomic E-state index is 11.8. The normalized spacial score (nSPS) is 18.7. The lowest BCUT2D eigenvalue weighted by atomic mass is 9.76. The number of benzene rings is 1. The lowest BCUT2D eigenvalue weighted by molar-refractivity contribution is -0.123. The van der Waals surface area contributed by atoms with Crippen LogP contribution in [0, 0.1) is 5.41 Å². The number of hydrogen-bond donors (Lipinski definition) is 2. The monoisotopic (exact) mass is 276 g/mol. The Morgan fingerprint density at radius 2 is 2.00 bits per heavy atom. The molecular formula is C16H24N2O2. The van der Waals surface area contributed by atoms with Gasteiger partial charge in [0, 0.05) is 0 Å². The highest BCUT2D eigenvalue weighted by atomic mass is 16.5. The third kappa shape index (κ3) is 4.23. The number of nitrogens with one attached hydrogen (secondary N) is 1. The average molecular weight is 276 g/mol. The van der Waals surface area contributed by atoms with E-state index >= 15 is 0 Å². The Balaban J connectivity index is 1.75. The van der Waals surface area contributed by atoms with Crippen LogP contribution in [0.1, 0.15) is 39.5 Å².